The van der Waals surface area contributed by atoms with Crippen LogP contribution in [0.25, 0.3) is 0 Å². The predicted molar refractivity (Wildman–Crippen MR) is 106 cm³/mol. The van der Waals surface area contributed by atoms with Gasteiger partial charge in [-0.25, -0.2) is 9.97 Å². The summed E-state index contributed by atoms with van der Waals surface area (Å²) in [7, 11) is 1.50. The van der Waals surface area contributed by atoms with E-state index in [0.29, 0.717) is 20.7 Å². The van der Waals surface area contributed by atoms with Crippen molar-refractivity contribution in [1.82, 2.24) is 15.3 Å². The zero-order valence-corrected chi connectivity index (χ0v) is 16.7. The van der Waals surface area contributed by atoms with Crippen molar-refractivity contribution in [3.05, 3.63) is 68.8 Å². The third kappa shape index (κ3) is 4.65. The van der Waals surface area contributed by atoms with Gasteiger partial charge in [0.05, 0.1) is 16.9 Å². The van der Waals surface area contributed by atoms with E-state index in [-0.39, 0.29) is 17.8 Å². The average molecular weight is 416 g/mol. The molecule has 1 N–H and O–H groups in total. The first-order chi connectivity index (χ1) is 13.5. The lowest BCUT2D eigenvalue weighted by Gasteiger charge is -2.09. The number of benzene rings is 1. The number of nitro benzene ring substituents is 1. The van der Waals surface area contributed by atoms with Gasteiger partial charge in [-0.05, 0) is 25.1 Å². The van der Waals surface area contributed by atoms with Crippen molar-refractivity contribution in [3.63, 3.8) is 0 Å². The topological polar surface area (TPSA) is 107 Å². The number of carbonyl (C=O) groups excluding carboxylic acids is 1. The number of carbonyl (C=O) groups is 1. The van der Waals surface area contributed by atoms with Crippen molar-refractivity contribution >= 4 is 34.7 Å². The van der Waals surface area contributed by atoms with E-state index in [2.05, 4.69) is 15.3 Å². The third-order valence-electron chi connectivity index (χ3n) is 3.70. The second-order valence-corrected chi connectivity index (χ2v) is 7.80. The van der Waals surface area contributed by atoms with Crippen molar-refractivity contribution in [1.29, 1.82) is 0 Å². The Morgan fingerprint density at radius 1 is 1.39 bits per heavy atom. The summed E-state index contributed by atoms with van der Waals surface area (Å²) in [6.07, 6.45) is 1.59. The van der Waals surface area contributed by atoms with Gasteiger partial charge in [0.1, 0.15) is 0 Å². The van der Waals surface area contributed by atoms with Gasteiger partial charge in [0.25, 0.3) is 11.6 Å². The van der Waals surface area contributed by atoms with Crippen LogP contribution in [0, 0.1) is 17.0 Å². The lowest BCUT2D eigenvalue weighted by atomic mass is 10.2. The first kappa shape index (κ1) is 19.8. The molecule has 0 aliphatic heterocycles. The molecule has 3 aromatic rings. The van der Waals surface area contributed by atoms with Crippen LogP contribution in [0.2, 0.25) is 0 Å². The maximum Gasteiger partial charge on any atom is 0.284 e. The van der Waals surface area contributed by atoms with E-state index in [9.17, 15) is 14.9 Å². The lowest BCUT2D eigenvalue weighted by Crippen LogP contribution is -2.23. The number of nitrogens with one attached hydrogen (secondary N) is 1. The fourth-order valence-corrected chi connectivity index (χ4v) is 4.26. The number of aryl methyl sites for hydroxylation is 1. The van der Waals surface area contributed by atoms with Gasteiger partial charge in [-0.3, -0.25) is 14.9 Å². The number of nitrogens with zero attached hydrogens (tertiary/aromatic N) is 3. The van der Waals surface area contributed by atoms with Crippen molar-refractivity contribution in [2.75, 3.05) is 7.11 Å². The zero-order valence-electron chi connectivity index (χ0n) is 15.0. The smallest absolute Gasteiger partial charge is 0.284 e. The van der Waals surface area contributed by atoms with Crippen LogP contribution < -0.4 is 10.1 Å². The third-order valence-corrected chi connectivity index (χ3v) is 5.82. The number of aromatic nitrogens is 2. The Morgan fingerprint density at radius 2 is 2.21 bits per heavy atom. The molecule has 2 heterocycles. The molecule has 0 bridgehead atoms. The molecule has 0 saturated carbocycles. The van der Waals surface area contributed by atoms with Gasteiger partial charge < -0.3 is 10.1 Å². The number of nitro groups is 1. The van der Waals surface area contributed by atoms with Gasteiger partial charge in [-0.1, -0.05) is 17.8 Å². The second kappa shape index (κ2) is 8.81. The Hall–Kier alpha value is -2.98. The number of hydrogen-bond donors (Lipinski definition) is 1. The standard InChI is InChI=1S/C18H16N4O4S2/c1-11-10-27-18(21-11)28-15-6-5-12(8-14(15)22(24)25)16(23)20-9-13-4-3-7-19-17(13)26-2/h3-8,10H,9H2,1-2H3,(H,20,23). The molecule has 8 nitrogen and oxygen atoms in total. The van der Waals surface area contributed by atoms with Gasteiger partial charge in [-0.15, -0.1) is 11.3 Å². The lowest BCUT2D eigenvalue weighted by molar-refractivity contribution is -0.387. The van der Waals surface area contributed by atoms with Crippen LogP contribution >= 0.6 is 23.1 Å². The number of amides is 1. The van der Waals surface area contributed by atoms with Gasteiger partial charge in [0.2, 0.25) is 5.88 Å². The number of hydrogen-bond acceptors (Lipinski definition) is 8. The quantitative estimate of drug-likeness (QED) is 0.460. The van der Waals surface area contributed by atoms with E-state index < -0.39 is 10.8 Å². The maximum absolute atomic E-state index is 12.5. The second-order valence-electron chi connectivity index (χ2n) is 5.65. The Kier molecular flexibility index (Phi) is 6.22. The van der Waals surface area contributed by atoms with Crippen LogP contribution in [0.4, 0.5) is 5.69 Å². The normalized spacial score (nSPS) is 10.5. The number of pyridine rings is 1. The molecule has 1 amide bonds. The Balaban J connectivity index is 1.77. The van der Waals surface area contributed by atoms with E-state index in [0.717, 1.165) is 5.69 Å². The van der Waals surface area contributed by atoms with Gasteiger partial charge in [0, 0.05) is 41.0 Å². The Morgan fingerprint density at radius 3 is 2.89 bits per heavy atom. The van der Waals surface area contributed by atoms with Crippen LogP contribution in [0.1, 0.15) is 21.6 Å². The molecule has 1 aromatic carbocycles. The molecule has 3 rings (SSSR count). The Bertz CT molecular complexity index is 1020. The first-order valence-corrected chi connectivity index (χ1v) is 9.82. The number of methoxy groups -OCH3 is 1. The largest absolute Gasteiger partial charge is 0.481 e. The summed E-state index contributed by atoms with van der Waals surface area (Å²) in [6.45, 7) is 2.05. The van der Waals surface area contributed by atoms with Crippen LogP contribution in [-0.2, 0) is 6.54 Å². The molecule has 0 aliphatic rings. The van der Waals surface area contributed by atoms with Crippen molar-refractivity contribution in [2.45, 2.75) is 22.7 Å². The molecular weight excluding hydrogens is 400 g/mol. The molecule has 0 saturated heterocycles. The zero-order chi connectivity index (χ0) is 20.1. The highest BCUT2D eigenvalue weighted by Crippen LogP contribution is 2.36. The van der Waals surface area contributed by atoms with Gasteiger partial charge in [0.15, 0.2) is 4.34 Å². The highest BCUT2D eigenvalue weighted by Gasteiger charge is 2.19. The van der Waals surface area contributed by atoms with E-state index in [1.807, 2.05) is 12.3 Å². The molecule has 2 aromatic heterocycles. The summed E-state index contributed by atoms with van der Waals surface area (Å²) >= 11 is 2.62. The average Bonchev–Trinajstić information content (AvgIpc) is 3.11. The van der Waals surface area contributed by atoms with Crippen molar-refractivity contribution in [2.24, 2.45) is 0 Å². The van der Waals surface area contributed by atoms with Crippen LogP contribution in [0.3, 0.4) is 0 Å². The molecule has 0 unspecified atom stereocenters. The molecule has 0 fully saturated rings. The van der Waals surface area contributed by atoms with E-state index >= 15 is 0 Å². The number of ether oxygens (including phenoxy) is 1. The van der Waals surface area contributed by atoms with E-state index in [1.54, 1.807) is 30.5 Å². The highest BCUT2D eigenvalue weighted by atomic mass is 32.2. The highest BCUT2D eigenvalue weighted by molar-refractivity contribution is 8.01. The molecule has 10 heteroatoms. The van der Waals surface area contributed by atoms with E-state index in [1.165, 1.54) is 36.3 Å². The SMILES string of the molecule is COc1ncccc1CNC(=O)c1ccc(Sc2nc(C)cs2)c([N+](=O)[O-])c1. The summed E-state index contributed by atoms with van der Waals surface area (Å²) in [5, 5.41) is 16.1. The molecule has 144 valence electrons. The van der Waals surface area contributed by atoms with Crippen LogP contribution in [-0.4, -0.2) is 27.9 Å². The summed E-state index contributed by atoms with van der Waals surface area (Å²) in [5.74, 6) is -0.00470. The minimum absolute atomic E-state index is 0.135. The molecule has 0 spiro atoms. The molecule has 0 radical (unpaired) electrons. The number of thiazole rings is 1. The molecule has 28 heavy (non-hydrogen) atoms. The minimum atomic E-state index is -0.496. The monoisotopic (exact) mass is 416 g/mol. The van der Waals surface area contributed by atoms with Crippen molar-refractivity contribution < 1.29 is 14.5 Å². The summed E-state index contributed by atoms with van der Waals surface area (Å²) in [5.41, 5.74) is 1.63. The maximum atomic E-state index is 12.5. The summed E-state index contributed by atoms with van der Waals surface area (Å²) in [4.78, 5) is 32.2. The molecule has 0 aliphatic carbocycles. The Labute approximate surface area is 169 Å². The van der Waals surface area contributed by atoms with Crippen molar-refractivity contribution in [3.8, 4) is 5.88 Å². The predicted octanol–water partition coefficient (Wildman–Crippen LogP) is 3.84. The van der Waals surface area contributed by atoms with Gasteiger partial charge in [-0.2, -0.15) is 0 Å². The minimum Gasteiger partial charge on any atom is -0.481 e. The fraction of sp³-hybridized carbons (Fsp3) is 0.167. The van der Waals surface area contributed by atoms with Crippen LogP contribution in [0.5, 0.6) is 5.88 Å². The van der Waals surface area contributed by atoms with E-state index in [4.69, 9.17) is 4.74 Å². The summed E-state index contributed by atoms with van der Waals surface area (Å²) in [6, 6.07) is 7.93. The molecule has 0 atom stereocenters. The first-order valence-electron chi connectivity index (χ1n) is 8.12. The van der Waals surface area contributed by atoms with Gasteiger partial charge >= 0.3 is 0 Å². The summed E-state index contributed by atoms with van der Waals surface area (Å²) < 4.78 is 5.86. The van der Waals surface area contributed by atoms with Crippen LogP contribution in [0.15, 0.2) is 51.1 Å². The molecular formula is C18H16N4O4S2. The fourth-order valence-electron chi connectivity index (χ4n) is 2.38. The number of rotatable bonds is 7.